The van der Waals surface area contributed by atoms with Crippen molar-refractivity contribution in [2.45, 2.75) is 13.0 Å². The Morgan fingerprint density at radius 3 is 2.57 bits per heavy atom. The van der Waals surface area contributed by atoms with Crippen molar-refractivity contribution in [1.29, 1.82) is 0 Å². The molecule has 0 rings (SSSR count). The molecule has 0 aromatic rings. The van der Waals surface area contributed by atoms with Gasteiger partial charge in [-0.3, -0.25) is 9.59 Å². The summed E-state index contributed by atoms with van der Waals surface area (Å²) in [5.41, 5.74) is 0. The Labute approximate surface area is 94.0 Å². The molecule has 0 aromatic carbocycles. The van der Waals surface area contributed by atoms with Crippen molar-refractivity contribution in [2.75, 3.05) is 25.1 Å². The third-order valence-corrected chi connectivity index (χ3v) is 2.87. The lowest BCUT2D eigenvalue weighted by Gasteiger charge is -2.11. The largest absolute Gasteiger partial charge is 0.346 e. The number of carbonyl (C=O) groups is 2. The molecule has 0 heterocycles. The maximum absolute atomic E-state index is 11.0. The van der Waals surface area contributed by atoms with E-state index in [1.807, 2.05) is 0 Å². The first kappa shape index (κ1) is 13.8. The van der Waals surface area contributed by atoms with E-state index in [1.165, 1.54) is 0 Å². The van der Waals surface area contributed by atoms with Gasteiger partial charge in [0.15, 0.2) is 0 Å². The molecule has 0 spiro atoms. The molecule has 0 aliphatic rings. The average Bonchev–Trinajstić information content (AvgIpc) is 2.10. The van der Waals surface area contributed by atoms with Gasteiger partial charge in [-0.2, -0.15) is 11.8 Å². The van der Waals surface area contributed by atoms with Gasteiger partial charge in [0.05, 0.1) is 6.04 Å². The van der Waals surface area contributed by atoms with Crippen LogP contribution in [0, 0.1) is 0 Å². The van der Waals surface area contributed by atoms with Crippen molar-refractivity contribution in [1.82, 2.24) is 10.6 Å². The van der Waals surface area contributed by atoms with E-state index in [1.54, 1.807) is 25.7 Å². The fourth-order valence-corrected chi connectivity index (χ4v) is 2.00. The summed E-state index contributed by atoms with van der Waals surface area (Å²) in [6, 6.07) is -0.0910. The lowest BCUT2D eigenvalue weighted by molar-refractivity contribution is -0.118. The summed E-state index contributed by atoms with van der Waals surface area (Å²) in [6.45, 7) is 2.15. The molecule has 0 saturated heterocycles. The third kappa shape index (κ3) is 7.23. The first-order valence-corrected chi connectivity index (χ1v) is 5.90. The minimum absolute atomic E-state index is 0.0910. The van der Waals surface area contributed by atoms with Gasteiger partial charge < -0.3 is 10.6 Å². The van der Waals surface area contributed by atoms with Crippen LogP contribution in [0.1, 0.15) is 6.92 Å². The van der Waals surface area contributed by atoms with E-state index in [2.05, 4.69) is 23.3 Å². The summed E-state index contributed by atoms with van der Waals surface area (Å²) in [4.78, 5) is 21.4. The van der Waals surface area contributed by atoms with E-state index in [0.29, 0.717) is 6.54 Å². The monoisotopic (exact) mass is 236 g/mol. The van der Waals surface area contributed by atoms with Crippen LogP contribution in [0.4, 0.5) is 4.79 Å². The van der Waals surface area contributed by atoms with Gasteiger partial charge in [-0.05, 0) is 14.0 Å². The summed E-state index contributed by atoms with van der Waals surface area (Å²) in [5, 5.41) is 5.18. The van der Waals surface area contributed by atoms with E-state index in [4.69, 9.17) is 0 Å². The van der Waals surface area contributed by atoms with Gasteiger partial charge >= 0.3 is 0 Å². The Balaban J connectivity index is 3.42. The number of likely N-dealkylation sites (N-methyl/N-ethyl adjacent to an activating group) is 1. The molecule has 0 aliphatic heterocycles. The van der Waals surface area contributed by atoms with E-state index < -0.39 is 0 Å². The normalized spacial score (nSPS) is 12.2. The minimum atomic E-state index is -0.317. The fraction of sp³-hybridized carbons (Fsp3) is 0.750. The van der Waals surface area contributed by atoms with Crippen LogP contribution in [-0.2, 0) is 4.79 Å². The number of hydrogen-bond acceptors (Lipinski definition) is 4. The summed E-state index contributed by atoms with van der Waals surface area (Å²) in [5.74, 6) is 1.66. The number of rotatable bonds is 7. The van der Waals surface area contributed by atoms with Crippen LogP contribution in [-0.4, -0.2) is 42.2 Å². The van der Waals surface area contributed by atoms with Gasteiger partial charge in [0.25, 0.3) is 5.24 Å². The maximum atomic E-state index is 11.0. The van der Waals surface area contributed by atoms with Gasteiger partial charge in [-0.15, -0.1) is 0 Å². The zero-order valence-corrected chi connectivity index (χ0v) is 10.1. The molecule has 14 heavy (non-hydrogen) atoms. The fourth-order valence-electron chi connectivity index (χ4n) is 0.835. The molecule has 1 atom stereocenters. The smallest absolute Gasteiger partial charge is 0.276 e. The Bertz CT molecular complexity index is 200. The molecular weight excluding hydrogens is 220 g/mol. The van der Waals surface area contributed by atoms with Gasteiger partial charge in [0.2, 0.25) is 0 Å². The molecule has 82 valence electrons. The number of Topliss-reactive ketones (excluding diaryl/α,β-unsaturated/α-hetero) is 1. The highest BCUT2D eigenvalue weighted by atomic mass is 32.2. The molecule has 1 amide bonds. The topological polar surface area (TPSA) is 58.2 Å². The van der Waals surface area contributed by atoms with Crippen molar-refractivity contribution in [3.63, 3.8) is 0 Å². The zero-order valence-electron chi connectivity index (χ0n) is 8.37. The standard InChI is InChI=1S/C8H16N2O2S2/c1-6(11)7(9-2)5-14-4-3-10-8(12)13/h7,9H,3-5H2,1-2H3,(H2,10,12,13). The molecule has 2 N–H and O–H groups in total. The Morgan fingerprint density at radius 2 is 2.14 bits per heavy atom. The molecule has 0 radical (unpaired) electrons. The molecule has 4 nitrogen and oxygen atoms in total. The SMILES string of the molecule is CNC(CSCCNC(=O)S)C(C)=O. The van der Waals surface area contributed by atoms with Gasteiger partial charge in [0.1, 0.15) is 5.78 Å². The van der Waals surface area contributed by atoms with Crippen molar-refractivity contribution < 1.29 is 9.59 Å². The Kier molecular flexibility index (Phi) is 8.02. The van der Waals surface area contributed by atoms with E-state index in [0.717, 1.165) is 11.5 Å². The summed E-state index contributed by atoms with van der Waals surface area (Å²) in [6.07, 6.45) is 0. The Hall–Kier alpha value is -0.200. The van der Waals surface area contributed by atoms with Crippen LogP contribution < -0.4 is 10.6 Å². The van der Waals surface area contributed by atoms with Crippen LogP contribution in [0.25, 0.3) is 0 Å². The highest BCUT2D eigenvalue weighted by Crippen LogP contribution is 2.02. The highest BCUT2D eigenvalue weighted by Gasteiger charge is 2.10. The second kappa shape index (κ2) is 8.14. The predicted molar refractivity (Wildman–Crippen MR) is 63.2 cm³/mol. The second-order valence-electron chi connectivity index (χ2n) is 2.76. The highest BCUT2D eigenvalue weighted by molar-refractivity contribution is 7.99. The third-order valence-electron chi connectivity index (χ3n) is 1.65. The number of thiol groups is 1. The van der Waals surface area contributed by atoms with Crippen molar-refractivity contribution in [3.8, 4) is 0 Å². The number of carbonyl (C=O) groups excluding carboxylic acids is 2. The van der Waals surface area contributed by atoms with Crippen LogP contribution >= 0.6 is 24.4 Å². The molecule has 1 unspecified atom stereocenters. The van der Waals surface area contributed by atoms with Crippen molar-refractivity contribution >= 4 is 35.4 Å². The van der Waals surface area contributed by atoms with Crippen molar-refractivity contribution in [3.05, 3.63) is 0 Å². The first-order valence-electron chi connectivity index (χ1n) is 4.30. The summed E-state index contributed by atoms with van der Waals surface area (Å²) >= 11 is 5.19. The molecule has 0 bridgehead atoms. The second-order valence-corrected chi connectivity index (χ2v) is 4.31. The molecule has 0 fully saturated rings. The number of amides is 1. The first-order chi connectivity index (χ1) is 6.57. The van der Waals surface area contributed by atoms with E-state index in [-0.39, 0.29) is 17.1 Å². The van der Waals surface area contributed by atoms with Gasteiger partial charge in [-0.1, -0.05) is 12.6 Å². The summed E-state index contributed by atoms with van der Waals surface area (Å²) < 4.78 is 0. The van der Waals surface area contributed by atoms with Crippen molar-refractivity contribution in [2.24, 2.45) is 0 Å². The number of nitrogens with one attached hydrogen (secondary N) is 2. The molecule has 0 aliphatic carbocycles. The summed E-state index contributed by atoms with van der Waals surface area (Å²) in [7, 11) is 1.77. The number of hydrogen-bond donors (Lipinski definition) is 3. The van der Waals surface area contributed by atoms with E-state index >= 15 is 0 Å². The maximum Gasteiger partial charge on any atom is 0.276 e. The Morgan fingerprint density at radius 1 is 1.50 bits per heavy atom. The lowest BCUT2D eigenvalue weighted by atomic mass is 10.2. The predicted octanol–water partition coefficient (Wildman–Crippen LogP) is 0.536. The molecule has 6 heteroatoms. The van der Waals surface area contributed by atoms with Gasteiger partial charge in [-0.25, -0.2) is 0 Å². The minimum Gasteiger partial charge on any atom is -0.346 e. The number of ketones is 1. The molecular formula is C8H16N2O2S2. The van der Waals surface area contributed by atoms with Crippen LogP contribution in [0.15, 0.2) is 0 Å². The number of thioether (sulfide) groups is 1. The molecule has 0 aromatic heterocycles. The van der Waals surface area contributed by atoms with Crippen LogP contribution in [0.3, 0.4) is 0 Å². The quantitative estimate of drug-likeness (QED) is 0.446. The van der Waals surface area contributed by atoms with Crippen LogP contribution in [0.5, 0.6) is 0 Å². The van der Waals surface area contributed by atoms with Crippen LogP contribution in [0.2, 0.25) is 0 Å². The molecule has 0 saturated carbocycles. The van der Waals surface area contributed by atoms with E-state index in [9.17, 15) is 9.59 Å². The van der Waals surface area contributed by atoms with Gasteiger partial charge in [0, 0.05) is 18.1 Å². The zero-order chi connectivity index (χ0) is 11.0. The average molecular weight is 236 g/mol. The lowest BCUT2D eigenvalue weighted by Crippen LogP contribution is -2.35.